The van der Waals surface area contributed by atoms with Crippen LogP contribution in [0, 0.1) is 0 Å². The van der Waals surface area contributed by atoms with Crippen LogP contribution in [0.4, 0.5) is 0 Å². The highest BCUT2D eigenvalue weighted by atomic mass is 17.1. The van der Waals surface area contributed by atoms with E-state index >= 15 is 0 Å². The summed E-state index contributed by atoms with van der Waals surface area (Å²) in [7, 11) is 0. The predicted molar refractivity (Wildman–Crippen MR) is 93.7 cm³/mol. The minimum atomic E-state index is -1.48. The fraction of sp³-hybridized carbons (Fsp3) is 0.650. The molecule has 3 atom stereocenters. The van der Waals surface area contributed by atoms with E-state index in [1.807, 2.05) is 6.92 Å². The smallest absolute Gasteiger partial charge is 0.337 e. The largest absolute Gasteiger partial charge is 0.419 e. The second-order valence-corrected chi connectivity index (χ2v) is 7.79. The number of carbonyl (C=O) groups excluding carboxylic acids is 1. The zero-order valence-corrected chi connectivity index (χ0v) is 15.6. The van der Waals surface area contributed by atoms with E-state index in [4.69, 9.17) is 14.4 Å². The average molecular weight is 348 g/mol. The third-order valence-electron chi connectivity index (χ3n) is 5.73. The molecule has 2 aliphatic heterocycles. The molecule has 0 saturated carbocycles. The molecule has 0 aromatic carbocycles. The Labute approximate surface area is 149 Å². The number of fused-ring (bicyclic) bond motifs is 2. The van der Waals surface area contributed by atoms with Crippen LogP contribution in [0.1, 0.15) is 66.2 Å². The molecule has 0 radical (unpaired) electrons. The standard InChI is InChI=1S/C20H28O5/c1-13-6-5-11-19(4)17(23-19)10-8-14(2)12-20(25-22)16(9-7-13)15(3)18(21)24-20/h6,12,17,22H,5,7-11H2,1-4H3. The van der Waals surface area contributed by atoms with Gasteiger partial charge in [0.2, 0.25) is 0 Å². The number of carbonyl (C=O) groups is 1. The van der Waals surface area contributed by atoms with Gasteiger partial charge in [-0.15, -0.1) is 0 Å². The van der Waals surface area contributed by atoms with E-state index in [-0.39, 0.29) is 11.7 Å². The summed E-state index contributed by atoms with van der Waals surface area (Å²) in [4.78, 5) is 16.8. The molecule has 138 valence electrons. The summed E-state index contributed by atoms with van der Waals surface area (Å²) in [5, 5.41) is 9.58. The highest BCUT2D eigenvalue weighted by Gasteiger charge is 2.51. The lowest BCUT2D eigenvalue weighted by molar-refractivity contribution is -0.355. The van der Waals surface area contributed by atoms with Crippen molar-refractivity contribution in [2.24, 2.45) is 0 Å². The summed E-state index contributed by atoms with van der Waals surface area (Å²) < 4.78 is 11.3. The summed E-state index contributed by atoms with van der Waals surface area (Å²) >= 11 is 0. The maximum absolute atomic E-state index is 12.1. The monoisotopic (exact) mass is 348 g/mol. The molecule has 0 aromatic heterocycles. The van der Waals surface area contributed by atoms with Gasteiger partial charge >= 0.3 is 5.97 Å². The Morgan fingerprint density at radius 1 is 1.20 bits per heavy atom. The highest BCUT2D eigenvalue weighted by Crippen LogP contribution is 2.45. The predicted octanol–water partition coefficient (Wildman–Crippen LogP) is 4.45. The first kappa shape index (κ1) is 18.4. The Morgan fingerprint density at radius 2 is 1.96 bits per heavy atom. The molecule has 1 N–H and O–H groups in total. The molecule has 5 nitrogen and oxygen atoms in total. The van der Waals surface area contributed by atoms with Crippen molar-refractivity contribution in [2.45, 2.75) is 83.7 Å². The van der Waals surface area contributed by atoms with Crippen LogP contribution in [0.15, 0.2) is 34.4 Å². The van der Waals surface area contributed by atoms with Crippen molar-refractivity contribution < 1.29 is 24.4 Å². The molecule has 5 heteroatoms. The van der Waals surface area contributed by atoms with Gasteiger partial charge in [-0.05, 0) is 72.3 Å². The molecule has 3 rings (SSSR count). The zero-order valence-electron chi connectivity index (χ0n) is 15.6. The van der Waals surface area contributed by atoms with E-state index in [2.05, 4.69) is 19.9 Å². The zero-order chi connectivity index (χ0) is 18.2. The van der Waals surface area contributed by atoms with Crippen LogP contribution in [0.5, 0.6) is 0 Å². The number of hydrogen-bond donors (Lipinski definition) is 1. The fourth-order valence-electron chi connectivity index (χ4n) is 3.90. The summed E-state index contributed by atoms with van der Waals surface area (Å²) in [5.41, 5.74) is 3.47. The van der Waals surface area contributed by atoms with Gasteiger partial charge in [-0.1, -0.05) is 17.2 Å². The van der Waals surface area contributed by atoms with Gasteiger partial charge in [0.05, 0.1) is 11.7 Å². The maximum Gasteiger partial charge on any atom is 0.337 e. The molecular formula is C20H28O5. The third kappa shape index (κ3) is 3.59. The SMILES string of the molecule is CC1=CCCC2(C)OC2CCC(C)=CC2(OO)OC(=O)C(C)=C2CC1. The highest BCUT2D eigenvalue weighted by molar-refractivity contribution is 5.92. The third-order valence-corrected chi connectivity index (χ3v) is 5.73. The van der Waals surface area contributed by atoms with Gasteiger partial charge < -0.3 is 9.47 Å². The summed E-state index contributed by atoms with van der Waals surface area (Å²) in [6.07, 6.45) is 9.39. The van der Waals surface area contributed by atoms with E-state index in [9.17, 15) is 10.1 Å². The molecule has 1 saturated heterocycles. The molecular weight excluding hydrogens is 320 g/mol. The van der Waals surface area contributed by atoms with Gasteiger partial charge in [0.1, 0.15) is 0 Å². The van der Waals surface area contributed by atoms with Crippen molar-refractivity contribution in [3.8, 4) is 0 Å². The molecule has 25 heavy (non-hydrogen) atoms. The van der Waals surface area contributed by atoms with Gasteiger partial charge in [0, 0.05) is 11.1 Å². The number of hydrogen-bond acceptors (Lipinski definition) is 5. The second kappa shape index (κ2) is 6.71. The van der Waals surface area contributed by atoms with Gasteiger partial charge in [0.15, 0.2) is 0 Å². The van der Waals surface area contributed by atoms with Crippen molar-refractivity contribution in [1.82, 2.24) is 0 Å². The van der Waals surface area contributed by atoms with Gasteiger partial charge in [0.25, 0.3) is 5.79 Å². The molecule has 0 spiro atoms. The quantitative estimate of drug-likeness (QED) is 0.249. The molecule has 0 amide bonds. The van der Waals surface area contributed by atoms with Crippen molar-refractivity contribution in [3.63, 3.8) is 0 Å². The Balaban J connectivity index is 1.91. The first-order chi connectivity index (χ1) is 11.8. The first-order valence-electron chi connectivity index (χ1n) is 9.07. The van der Waals surface area contributed by atoms with E-state index in [0.717, 1.165) is 37.7 Å². The lowest BCUT2D eigenvalue weighted by Gasteiger charge is -2.25. The second-order valence-electron chi connectivity index (χ2n) is 7.79. The lowest BCUT2D eigenvalue weighted by Crippen LogP contribution is -2.33. The summed E-state index contributed by atoms with van der Waals surface area (Å²) in [6, 6.07) is 0. The molecule has 0 aromatic rings. The van der Waals surface area contributed by atoms with Crippen LogP contribution in [-0.2, 0) is 19.2 Å². The molecule has 2 heterocycles. The number of ether oxygens (including phenoxy) is 2. The van der Waals surface area contributed by atoms with E-state index in [0.29, 0.717) is 17.6 Å². The van der Waals surface area contributed by atoms with E-state index in [1.165, 1.54) is 5.57 Å². The van der Waals surface area contributed by atoms with E-state index < -0.39 is 11.8 Å². The summed E-state index contributed by atoms with van der Waals surface area (Å²) in [6.45, 7) is 7.96. The first-order valence-corrected chi connectivity index (χ1v) is 9.07. The Kier molecular flexibility index (Phi) is 4.93. The van der Waals surface area contributed by atoms with Crippen LogP contribution in [0.3, 0.4) is 0 Å². The van der Waals surface area contributed by atoms with Crippen molar-refractivity contribution in [2.75, 3.05) is 0 Å². The molecule has 1 fully saturated rings. The number of allylic oxidation sites excluding steroid dienone is 3. The van der Waals surface area contributed by atoms with Gasteiger partial charge in [-0.2, -0.15) is 4.89 Å². The molecule has 3 aliphatic rings. The van der Waals surface area contributed by atoms with Gasteiger partial charge in [-0.25, -0.2) is 10.1 Å². The molecule has 3 unspecified atom stereocenters. The maximum atomic E-state index is 12.1. The van der Waals surface area contributed by atoms with Crippen molar-refractivity contribution in [1.29, 1.82) is 0 Å². The lowest BCUT2D eigenvalue weighted by atomic mass is 9.91. The Morgan fingerprint density at radius 3 is 2.68 bits per heavy atom. The minimum absolute atomic E-state index is 0.0200. The number of esters is 1. The Hall–Kier alpha value is -1.43. The van der Waals surface area contributed by atoms with Crippen LogP contribution in [0.2, 0.25) is 0 Å². The Bertz CT molecular complexity index is 659. The van der Waals surface area contributed by atoms with Crippen LogP contribution >= 0.6 is 0 Å². The van der Waals surface area contributed by atoms with Crippen molar-refractivity contribution in [3.05, 3.63) is 34.4 Å². The van der Waals surface area contributed by atoms with Crippen LogP contribution in [-0.4, -0.2) is 28.7 Å². The topological polar surface area (TPSA) is 68.3 Å². The normalized spacial score (nSPS) is 36.7. The van der Waals surface area contributed by atoms with Crippen molar-refractivity contribution >= 4 is 5.97 Å². The number of epoxide rings is 1. The van der Waals surface area contributed by atoms with E-state index in [1.54, 1.807) is 13.0 Å². The molecule has 1 aliphatic carbocycles. The molecule has 0 bridgehead atoms. The minimum Gasteiger partial charge on any atom is -0.419 e. The summed E-state index contributed by atoms with van der Waals surface area (Å²) in [5.74, 6) is -1.92. The number of rotatable bonds is 1. The average Bonchev–Trinajstić information content (AvgIpc) is 3.14. The van der Waals surface area contributed by atoms with Gasteiger partial charge in [-0.3, -0.25) is 0 Å². The van der Waals surface area contributed by atoms with Crippen LogP contribution < -0.4 is 0 Å². The van der Waals surface area contributed by atoms with Crippen LogP contribution in [0.25, 0.3) is 0 Å². The fourth-order valence-corrected chi connectivity index (χ4v) is 3.90.